The second-order valence-electron chi connectivity index (χ2n) is 4.35. The number of esters is 1. The third-order valence-corrected chi connectivity index (χ3v) is 3.61. The second kappa shape index (κ2) is 6.21. The lowest BCUT2D eigenvalue weighted by molar-refractivity contribution is -0.143. The maximum absolute atomic E-state index is 11.9. The molecule has 0 radical (unpaired) electrons. The van der Waals surface area contributed by atoms with Gasteiger partial charge in [0.05, 0.1) is 5.56 Å². The number of halogens is 1. The van der Waals surface area contributed by atoms with E-state index in [0.29, 0.717) is 25.1 Å². The highest BCUT2D eigenvalue weighted by molar-refractivity contribution is 14.1. The highest BCUT2D eigenvalue weighted by Gasteiger charge is 2.27. The second-order valence-corrected chi connectivity index (χ2v) is 5.60. The molecule has 7 heteroatoms. The van der Waals surface area contributed by atoms with Crippen LogP contribution in [0.2, 0.25) is 0 Å². The summed E-state index contributed by atoms with van der Waals surface area (Å²) in [4.78, 5) is 36.1. The smallest absolute Gasteiger partial charge is 0.340 e. The van der Waals surface area contributed by atoms with Crippen LogP contribution in [0.15, 0.2) is 18.2 Å². The molecule has 2 N–H and O–H groups in total. The summed E-state index contributed by atoms with van der Waals surface area (Å²) in [7, 11) is 0. The van der Waals surface area contributed by atoms with Crippen LogP contribution in [0.3, 0.4) is 0 Å². The first-order valence-corrected chi connectivity index (χ1v) is 7.12. The molecule has 0 aromatic heterocycles. The number of hydrogen-bond donors (Lipinski definition) is 1. The number of benzene rings is 1. The quantitative estimate of drug-likeness (QED) is 0.477. The Morgan fingerprint density at radius 3 is 2.80 bits per heavy atom. The van der Waals surface area contributed by atoms with Crippen molar-refractivity contribution in [2.24, 2.45) is 0 Å². The van der Waals surface area contributed by atoms with Gasteiger partial charge in [0.25, 0.3) is 5.91 Å². The summed E-state index contributed by atoms with van der Waals surface area (Å²) >= 11 is 2.05. The minimum Gasteiger partial charge on any atom is -0.452 e. The van der Waals surface area contributed by atoms with Gasteiger partial charge in [-0.2, -0.15) is 0 Å². The van der Waals surface area contributed by atoms with Gasteiger partial charge in [-0.15, -0.1) is 0 Å². The predicted octanol–water partition coefficient (Wildman–Crippen LogP) is 1.18. The fraction of sp³-hybridized carbons (Fsp3) is 0.308. The van der Waals surface area contributed by atoms with Crippen LogP contribution in [0.1, 0.15) is 23.2 Å². The molecule has 1 aliphatic rings. The Morgan fingerprint density at radius 1 is 1.40 bits per heavy atom. The van der Waals surface area contributed by atoms with Crippen molar-refractivity contribution in [1.82, 2.24) is 4.90 Å². The van der Waals surface area contributed by atoms with E-state index in [0.717, 1.165) is 8.47 Å². The van der Waals surface area contributed by atoms with E-state index in [1.807, 2.05) is 22.6 Å². The van der Waals surface area contributed by atoms with E-state index < -0.39 is 18.5 Å². The zero-order chi connectivity index (χ0) is 14.7. The molecule has 20 heavy (non-hydrogen) atoms. The van der Waals surface area contributed by atoms with E-state index in [9.17, 15) is 14.4 Å². The number of nitrogens with zero attached hydrogens (tertiary/aromatic N) is 1. The molecule has 0 bridgehead atoms. The number of hydrogen-bond acceptors (Lipinski definition) is 5. The van der Waals surface area contributed by atoms with E-state index in [1.165, 1.54) is 0 Å². The molecule has 0 spiro atoms. The van der Waals surface area contributed by atoms with Gasteiger partial charge in [0.1, 0.15) is 0 Å². The van der Waals surface area contributed by atoms with Gasteiger partial charge in [0, 0.05) is 22.2 Å². The molecule has 1 aromatic carbocycles. The molecule has 1 aromatic rings. The molecule has 2 rings (SSSR count). The van der Waals surface area contributed by atoms with Crippen molar-refractivity contribution in [3.63, 3.8) is 0 Å². The van der Waals surface area contributed by atoms with Gasteiger partial charge >= 0.3 is 5.97 Å². The Balaban J connectivity index is 1.97. The van der Waals surface area contributed by atoms with Crippen LogP contribution in [-0.4, -0.2) is 35.8 Å². The Bertz CT molecular complexity index is 573. The van der Waals surface area contributed by atoms with Gasteiger partial charge in [0.2, 0.25) is 5.91 Å². The molecule has 2 amide bonds. The van der Waals surface area contributed by atoms with Crippen molar-refractivity contribution in [2.45, 2.75) is 12.8 Å². The van der Waals surface area contributed by atoms with Crippen LogP contribution in [0.25, 0.3) is 0 Å². The fourth-order valence-electron chi connectivity index (χ4n) is 1.90. The van der Waals surface area contributed by atoms with Crippen LogP contribution in [0, 0.1) is 3.57 Å². The lowest BCUT2D eigenvalue weighted by atomic mass is 10.2. The van der Waals surface area contributed by atoms with Gasteiger partial charge in [-0.25, -0.2) is 4.79 Å². The minimum absolute atomic E-state index is 0.220. The standard InChI is InChI=1S/C13H13IN2O4/c14-8-3-4-10(15)9(6-8)13(19)20-7-12(18)16-5-1-2-11(16)17/h3-4,6H,1-2,5,7,15H2. The molecule has 1 saturated heterocycles. The van der Waals surface area contributed by atoms with Crippen molar-refractivity contribution < 1.29 is 19.1 Å². The van der Waals surface area contributed by atoms with Crippen molar-refractivity contribution >= 4 is 46.1 Å². The van der Waals surface area contributed by atoms with Gasteiger partial charge < -0.3 is 10.5 Å². The molecule has 0 atom stereocenters. The molecular weight excluding hydrogens is 375 g/mol. The van der Waals surface area contributed by atoms with Crippen molar-refractivity contribution in [3.05, 3.63) is 27.3 Å². The molecular formula is C13H13IN2O4. The summed E-state index contributed by atoms with van der Waals surface area (Å²) < 4.78 is 5.76. The maximum Gasteiger partial charge on any atom is 0.340 e. The number of rotatable bonds is 3. The van der Waals surface area contributed by atoms with Gasteiger partial charge in [0.15, 0.2) is 6.61 Å². The van der Waals surface area contributed by atoms with Crippen molar-refractivity contribution in [3.8, 4) is 0 Å². The number of carbonyl (C=O) groups excluding carboxylic acids is 3. The van der Waals surface area contributed by atoms with Gasteiger partial charge in [-0.1, -0.05) is 0 Å². The first-order valence-electron chi connectivity index (χ1n) is 6.04. The molecule has 106 valence electrons. The summed E-state index contributed by atoms with van der Waals surface area (Å²) in [6, 6.07) is 4.95. The summed E-state index contributed by atoms with van der Waals surface area (Å²) in [6.45, 7) is -0.0594. The topological polar surface area (TPSA) is 89.7 Å². The monoisotopic (exact) mass is 388 g/mol. The van der Waals surface area contributed by atoms with E-state index in [4.69, 9.17) is 10.5 Å². The molecule has 1 fully saturated rings. The van der Waals surface area contributed by atoms with E-state index >= 15 is 0 Å². The third kappa shape index (κ3) is 3.27. The Morgan fingerprint density at radius 2 is 2.15 bits per heavy atom. The average Bonchev–Trinajstić information content (AvgIpc) is 2.84. The number of amides is 2. The van der Waals surface area contributed by atoms with Gasteiger partial charge in [-0.05, 0) is 47.2 Å². The summed E-state index contributed by atoms with van der Waals surface area (Å²) in [5.74, 6) is -1.38. The Hall–Kier alpha value is -1.64. The van der Waals surface area contributed by atoms with Crippen LogP contribution >= 0.6 is 22.6 Å². The van der Waals surface area contributed by atoms with E-state index in [2.05, 4.69) is 0 Å². The van der Waals surface area contributed by atoms with Crippen molar-refractivity contribution in [2.75, 3.05) is 18.9 Å². The third-order valence-electron chi connectivity index (χ3n) is 2.94. The molecule has 0 unspecified atom stereocenters. The summed E-state index contributed by atoms with van der Waals surface area (Å²) in [5, 5.41) is 0. The van der Waals surface area contributed by atoms with E-state index in [1.54, 1.807) is 18.2 Å². The fourth-order valence-corrected chi connectivity index (χ4v) is 2.39. The molecule has 0 saturated carbocycles. The normalized spacial score (nSPS) is 14.4. The highest BCUT2D eigenvalue weighted by atomic mass is 127. The number of carbonyl (C=O) groups is 3. The maximum atomic E-state index is 11.9. The number of nitrogens with two attached hydrogens (primary N) is 1. The lowest BCUT2D eigenvalue weighted by Crippen LogP contribution is -2.35. The predicted molar refractivity (Wildman–Crippen MR) is 79.8 cm³/mol. The first kappa shape index (κ1) is 14.8. The molecule has 0 aliphatic carbocycles. The number of nitrogen functional groups attached to an aromatic ring is 1. The van der Waals surface area contributed by atoms with Gasteiger partial charge in [-0.3, -0.25) is 14.5 Å². The van der Waals surface area contributed by atoms with Crippen LogP contribution in [-0.2, 0) is 14.3 Å². The largest absolute Gasteiger partial charge is 0.452 e. The van der Waals surface area contributed by atoms with Crippen LogP contribution < -0.4 is 5.73 Å². The average molecular weight is 388 g/mol. The summed E-state index contributed by atoms with van der Waals surface area (Å²) in [6.07, 6.45) is 1.02. The zero-order valence-corrected chi connectivity index (χ0v) is 12.8. The van der Waals surface area contributed by atoms with Crippen LogP contribution in [0.4, 0.5) is 5.69 Å². The number of imide groups is 1. The molecule has 6 nitrogen and oxygen atoms in total. The zero-order valence-electron chi connectivity index (χ0n) is 10.6. The number of anilines is 1. The van der Waals surface area contributed by atoms with E-state index in [-0.39, 0.29) is 11.5 Å². The number of ether oxygens (including phenoxy) is 1. The molecule has 1 heterocycles. The van der Waals surface area contributed by atoms with Crippen molar-refractivity contribution in [1.29, 1.82) is 0 Å². The first-order chi connectivity index (χ1) is 9.49. The summed E-state index contributed by atoms with van der Waals surface area (Å²) in [5.41, 5.74) is 6.20. The highest BCUT2D eigenvalue weighted by Crippen LogP contribution is 2.17. The number of likely N-dealkylation sites (tertiary alicyclic amines) is 1. The van der Waals surface area contributed by atoms with Crippen LogP contribution in [0.5, 0.6) is 0 Å². The Labute approximate surface area is 129 Å². The SMILES string of the molecule is Nc1ccc(I)cc1C(=O)OCC(=O)N1CCCC1=O. The Kier molecular flexibility index (Phi) is 4.58. The minimum atomic E-state index is -0.666. The lowest BCUT2D eigenvalue weighted by Gasteiger charge is -2.13. The molecule has 1 aliphatic heterocycles.